The van der Waals surface area contributed by atoms with E-state index in [2.05, 4.69) is 4.98 Å². The molecule has 1 rings (SSSR count). The van der Waals surface area contributed by atoms with Crippen LogP contribution in [0.5, 0.6) is 0 Å². The maximum absolute atomic E-state index is 11.9. The van der Waals surface area contributed by atoms with Gasteiger partial charge in [0.1, 0.15) is 5.49 Å². The van der Waals surface area contributed by atoms with Gasteiger partial charge in [-0.25, -0.2) is 8.78 Å². The number of nitrogens with zero attached hydrogens (tertiary/aromatic N) is 2. The SMILES string of the molecule is N=C(C(F)F)n1ccncc1=N. The maximum atomic E-state index is 11.9. The van der Waals surface area contributed by atoms with Crippen molar-refractivity contribution in [2.24, 2.45) is 0 Å². The third kappa shape index (κ3) is 1.52. The summed E-state index contributed by atoms with van der Waals surface area (Å²) in [7, 11) is 0. The van der Waals surface area contributed by atoms with Crippen molar-refractivity contribution in [2.45, 2.75) is 6.43 Å². The molecule has 0 radical (unpaired) electrons. The first-order chi connectivity index (χ1) is 5.63. The van der Waals surface area contributed by atoms with Crippen LogP contribution in [0, 0.1) is 10.8 Å². The van der Waals surface area contributed by atoms with E-state index in [1.54, 1.807) is 0 Å². The highest BCUT2D eigenvalue weighted by atomic mass is 19.3. The summed E-state index contributed by atoms with van der Waals surface area (Å²) in [4.78, 5) is 3.54. The van der Waals surface area contributed by atoms with Crippen LogP contribution < -0.4 is 5.49 Å². The summed E-state index contributed by atoms with van der Waals surface area (Å²) in [6.45, 7) is 0. The van der Waals surface area contributed by atoms with E-state index >= 15 is 0 Å². The lowest BCUT2D eigenvalue weighted by atomic mass is 10.5. The van der Waals surface area contributed by atoms with E-state index in [1.807, 2.05) is 0 Å². The van der Waals surface area contributed by atoms with Gasteiger partial charge in [0.15, 0.2) is 5.84 Å². The smallest absolute Gasteiger partial charge is 0.283 e. The topological polar surface area (TPSA) is 65.5 Å². The van der Waals surface area contributed by atoms with Gasteiger partial charge in [0.25, 0.3) is 6.43 Å². The van der Waals surface area contributed by atoms with E-state index in [4.69, 9.17) is 10.8 Å². The lowest BCUT2D eigenvalue weighted by Crippen LogP contribution is -2.30. The molecule has 0 aliphatic rings. The van der Waals surface area contributed by atoms with Crippen LogP contribution in [0.3, 0.4) is 0 Å². The zero-order valence-electron chi connectivity index (χ0n) is 5.96. The Morgan fingerprint density at radius 3 is 2.75 bits per heavy atom. The number of hydrogen-bond donors (Lipinski definition) is 2. The van der Waals surface area contributed by atoms with Crippen LogP contribution >= 0.6 is 0 Å². The fourth-order valence-electron chi connectivity index (χ4n) is 0.677. The molecule has 0 aliphatic heterocycles. The predicted octanol–water partition coefficient (Wildman–Crippen LogP) is 0.453. The summed E-state index contributed by atoms with van der Waals surface area (Å²) in [6.07, 6.45) is 0.615. The highest BCUT2D eigenvalue weighted by molar-refractivity contribution is 5.83. The van der Waals surface area contributed by atoms with E-state index in [0.29, 0.717) is 0 Å². The van der Waals surface area contributed by atoms with Gasteiger partial charge >= 0.3 is 0 Å². The lowest BCUT2D eigenvalue weighted by molar-refractivity contribution is 0.219. The molecule has 1 aromatic heterocycles. The fourth-order valence-corrected chi connectivity index (χ4v) is 0.677. The van der Waals surface area contributed by atoms with E-state index in [-0.39, 0.29) is 5.49 Å². The van der Waals surface area contributed by atoms with Crippen molar-refractivity contribution in [1.29, 1.82) is 10.8 Å². The third-order valence-electron chi connectivity index (χ3n) is 1.22. The molecule has 12 heavy (non-hydrogen) atoms. The molecule has 1 aromatic rings. The first-order valence-electron chi connectivity index (χ1n) is 3.07. The second-order valence-corrected chi connectivity index (χ2v) is 2.02. The average molecular weight is 172 g/mol. The van der Waals surface area contributed by atoms with Crippen molar-refractivity contribution in [3.63, 3.8) is 0 Å². The Hall–Kier alpha value is -1.59. The average Bonchev–Trinajstić information content (AvgIpc) is 2.04. The minimum Gasteiger partial charge on any atom is -0.283 e. The molecule has 4 nitrogen and oxygen atoms in total. The van der Waals surface area contributed by atoms with Gasteiger partial charge in [-0.15, -0.1) is 0 Å². The van der Waals surface area contributed by atoms with E-state index in [9.17, 15) is 8.78 Å². The molecular formula is C6H6F2N4. The first-order valence-corrected chi connectivity index (χ1v) is 3.07. The fraction of sp³-hybridized carbons (Fsp3) is 0.167. The zero-order chi connectivity index (χ0) is 9.14. The van der Waals surface area contributed by atoms with Crippen molar-refractivity contribution in [3.8, 4) is 0 Å². The van der Waals surface area contributed by atoms with Crippen molar-refractivity contribution in [3.05, 3.63) is 24.1 Å². The summed E-state index contributed by atoms with van der Waals surface area (Å²) in [5, 5.41) is 14.0. The Morgan fingerprint density at radius 1 is 1.58 bits per heavy atom. The Balaban J connectivity index is 3.12. The third-order valence-corrected chi connectivity index (χ3v) is 1.22. The molecule has 0 amide bonds. The van der Waals surface area contributed by atoms with Crippen molar-refractivity contribution >= 4 is 5.84 Å². The Bertz CT molecular complexity index is 343. The molecular weight excluding hydrogens is 166 g/mol. The Labute approximate surface area is 66.5 Å². The molecule has 0 saturated carbocycles. The van der Waals surface area contributed by atoms with E-state index < -0.39 is 12.3 Å². The number of halogens is 2. The molecule has 0 unspecified atom stereocenters. The van der Waals surface area contributed by atoms with Gasteiger partial charge in [-0.2, -0.15) is 0 Å². The number of hydrogen-bond acceptors (Lipinski definition) is 3. The molecule has 0 saturated heterocycles. The van der Waals surface area contributed by atoms with Crippen LogP contribution in [0.2, 0.25) is 0 Å². The van der Waals surface area contributed by atoms with Gasteiger partial charge in [-0.3, -0.25) is 20.4 Å². The van der Waals surface area contributed by atoms with Crippen molar-refractivity contribution < 1.29 is 8.78 Å². The first kappa shape index (κ1) is 8.51. The molecule has 0 bridgehead atoms. The van der Waals surface area contributed by atoms with E-state index in [0.717, 1.165) is 17.0 Å². The number of nitrogens with one attached hydrogen (secondary N) is 2. The summed E-state index contributed by atoms with van der Waals surface area (Å²) >= 11 is 0. The summed E-state index contributed by atoms with van der Waals surface area (Å²) in [6, 6.07) is 0. The summed E-state index contributed by atoms with van der Waals surface area (Å²) < 4.78 is 24.7. The predicted molar refractivity (Wildman–Crippen MR) is 37.2 cm³/mol. The van der Waals surface area contributed by atoms with Crippen LogP contribution in [0.15, 0.2) is 18.6 Å². The highest BCUT2D eigenvalue weighted by Crippen LogP contribution is 1.94. The monoisotopic (exact) mass is 172 g/mol. The molecule has 2 N–H and O–H groups in total. The standard InChI is InChI=1S/C6H6F2N4/c7-5(8)6(10)12-2-1-11-3-4(12)9/h1-3,5,9-10H. The molecule has 0 aromatic carbocycles. The maximum Gasteiger partial charge on any atom is 0.295 e. The van der Waals surface area contributed by atoms with Gasteiger partial charge in [-0.05, 0) is 0 Å². The van der Waals surface area contributed by atoms with Crippen LogP contribution in [-0.4, -0.2) is 21.8 Å². The number of alkyl halides is 2. The normalized spacial score (nSPS) is 10.2. The summed E-state index contributed by atoms with van der Waals surface area (Å²) in [5.41, 5.74) is -0.234. The van der Waals surface area contributed by atoms with Crippen LogP contribution in [0.4, 0.5) is 8.78 Å². The summed E-state index contributed by atoms with van der Waals surface area (Å²) in [5.74, 6) is -0.914. The minimum atomic E-state index is -2.87. The zero-order valence-corrected chi connectivity index (χ0v) is 5.96. The second kappa shape index (κ2) is 3.21. The molecule has 0 aliphatic carbocycles. The van der Waals surface area contributed by atoms with Gasteiger partial charge in [0, 0.05) is 12.4 Å². The second-order valence-electron chi connectivity index (χ2n) is 2.02. The van der Waals surface area contributed by atoms with Crippen LogP contribution in [0.1, 0.15) is 0 Å². The van der Waals surface area contributed by atoms with Gasteiger partial charge in [-0.1, -0.05) is 0 Å². The van der Waals surface area contributed by atoms with Crippen LogP contribution in [-0.2, 0) is 0 Å². The Morgan fingerprint density at radius 2 is 2.25 bits per heavy atom. The van der Waals surface area contributed by atoms with Crippen LogP contribution in [0.25, 0.3) is 0 Å². The number of rotatable bonds is 1. The Kier molecular flexibility index (Phi) is 2.27. The quantitative estimate of drug-likeness (QED) is 0.468. The minimum absolute atomic E-state index is 0.234. The van der Waals surface area contributed by atoms with Crippen molar-refractivity contribution in [2.75, 3.05) is 0 Å². The largest absolute Gasteiger partial charge is 0.295 e. The molecule has 1 heterocycles. The van der Waals surface area contributed by atoms with Gasteiger partial charge in [0.2, 0.25) is 0 Å². The van der Waals surface area contributed by atoms with Gasteiger partial charge in [0.05, 0.1) is 6.20 Å². The highest BCUT2D eigenvalue weighted by Gasteiger charge is 2.12. The molecule has 6 heteroatoms. The number of aromatic nitrogens is 2. The molecule has 0 spiro atoms. The molecule has 0 atom stereocenters. The van der Waals surface area contributed by atoms with Gasteiger partial charge < -0.3 is 0 Å². The molecule has 64 valence electrons. The van der Waals surface area contributed by atoms with Crippen molar-refractivity contribution in [1.82, 2.24) is 9.55 Å². The molecule has 0 fully saturated rings. The lowest BCUT2D eigenvalue weighted by Gasteiger charge is -2.05. The van der Waals surface area contributed by atoms with E-state index in [1.165, 1.54) is 6.20 Å².